The van der Waals surface area contributed by atoms with Gasteiger partial charge in [-0.25, -0.2) is 0 Å². The van der Waals surface area contributed by atoms with Crippen molar-refractivity contribution in [3.8, 4) is 11.1 Å². The zero-order chi connectivity index (χ0) is 23.9. The number of carbonyl (C=O) groups excluding carboxylic acids is 1. The zero-order valence-corrected chi connectivity index (χ0v) is 20.4. The lowest BCUT2D eigenvalue weighted by molar-refractivity contribution is 0.102. The van der Waals surface area contributed by atoms with Gasteiger partial charge in [0.1, 0.15) is 5.82 Å². The van der Waals surface area contributed by atoms with Crippen molar-refractivity contribution in [2.75, 3.05) is 5.32 Å². The predicted octanol–water partition coefficient (Wildman–Crippen LogP) is 7.06. The Morgan fingerprint density at radius 3 is 2.21 bits per heavy atom. The van der Waals surface area contributed by atoms with Crippen LogP contribution in [0, 0.1) is 0 Å². The lowest BCUT2D eigenvalue weighted by Crippen LogP contribution is -2.21. The van der Waals surface area contributed by atoms with Crippen molar-refractivity contribution in [3.63, 3.8) is 0 Å². The van der Waals surface area contributed by atoms with Gasteiger partial charge in [-0.15, -0.1) is 0 Å². The molecule has 0 unspecified atom stereocenters. The largest absolute Gasteiger partial charge is 0.330 e. The summed E-state index contributed by atoms with van der Waals surface area (Å²) in [6.07, 6.45) is 0. The van der Waals surface area contributed by atoms with Crippen molar-refractivity contribution in [3.05, 3.63) is 98.1 Å². The first kappa shape index (κ1) is 23.1. The van der Waals surface area contributed by atoms with Crippen LogP contribution in [0.3, 0.4) is 0 Å². The summed E-state index contributed by atoms with van der Waals surface area (Å²) in [6.45, 7) is 6.36. The van der Waals surface area contributed by atoms with Crippen molar-refractivity contribution in [1.29, 1.82) is 0 Å². The van der Waals surface area contributed by atoms with E-state index in [0.29, 0.717) is 43.5 Å². The van der Waals surface area contributed by atoms with Gasteiger partial charge in [-0.3, -0.25) is 9.59 Å². The molecule has 6 heteroatoms. The highest BCUT2D eigenvalue weighted by molar-refractivity contribution is 6.42. The average Bonchev–Trinajstić information content (AvgIpc) is 2.79. The Labute approximate surface area is 202 Å². The van der Waals surface area contributed by atoms with Gasteiger partial charge in [-0.2, -0.15) is 0 Å². The molecule has 4 nitrogen and oxygen atoms in total. The van der Waals surface area contributed by atoms with E-state index >= 15 is 0 Å². The molecule has 0 aliphatic heterocycles. The summed E-state index contributed by atoms with van der Waals surface area (Å²) in [5.41, 5.74) is 3.07. The van der Waals surface area contributed by atoms with Crippen LogP contribution < -0.4 is 10.7 Å². The van der Waals surface area contributed by atoms with Crippen LogP contribution in [0.4, 0.5) is 5.82 Å². The summed E-state index contributed by atoms with van der Waals surface area (Å²) in [5.74, 6) is 0.0871. The van der Waals surface area contributed by atoms with Gasteiger partial charge in [0.05, 0.1) is 21.1 Å². The molecule has 1 amide bonds. The van der Waals surface area contributed by atoms with Gasteiger partial charge < -0.3 is 9.88 Å². The minimum absolute atomic E-state index is 0.0156. The molecule has 0 saturated heterocycles. The fourth-order valence-corrected chi connectivity index (χ4v) is 4.15. The van der Waals surface area contributed by atoms with Crippen molar-refractivity contribution in [2.45, 2.75) is 26.2 Å². The number of pyridine rings is 1. The van der Waals surface area contributed by atoms with Gasteiger partial charge in [-0.05, 0) is 52.9 Å². The summed E-state index contributed by atoms with van der Waals surface area (Å²) in [7, 11) is 1.82. The molecule has 0 fully saturated rings. The molecule has 1 heterocycles. The number of nitrogens with zero attached hydrogens (tertiary/aromatic N) is 1. The molecule has 0 bridgehead atoms. The Morgan fingerprint density at radius 1 is 0.909 bits per heavy atom. The lowest BCUT2D eigenvalue weighted by atomic mass is 9.87. The van der Waals surface area contributed by atoms with E-state index in [-0.39, 0.29) is 16.8 Å². The Balaban J connectivity index is 1.87. The van der Waals surface area contributed by atoms with Gasteiger partial charge in [-0.1, -0.05) is 74.3 Å². The van der Waals surface area contributed by atoms with Gasteiger partial charge in [0.25, 0.3) is 5.91 Å². The molecule has 0 radical (unpaired) electrons. The number of halogens is 2. The SMILES string of the molecule is Cn1c(NC(=O)c2ccc(C(C)(C)C)cc2)c(-c2ccc(Cl)c(Cl)c2)c(=O)c2ccccc21. The Bertz CT molecular complexity index is 1430. The van der Waals surface area contributed by atoms with Crippen LogP contribution >= 0.6 is 23.2 Å². The number of rotatable bonds is 3. The highest BCUT2D eigenvalue weighted by atomic mass is 35.5. The van der Waals surface area contributed by atoms with Crippen LogP contribution in [0.25, 0.3) is 22.0 Å². The van der Waals surface area contributed by atoms with Crippen molar-refractivity contribution in [1.82, 2.24) is 4.57 Å². The molecule has 0 atom stereocenters. The summed E-state index contributed by atoms with van der Waals surface area (Å²) in [4.78, 5) is 26.7. The molecule has 33 heavy (non-hydrogen) atoms. The summed E-state index contributed by atoms with van der Waals surface area (Å²) in [6, 6.07) is 19.8. The molecule has 4 aromatic rings. The summed E-state index contributed by atoms with van der Waals surface area (Å²) < 4.78 is 1.82. The number of aryl methyl sites for hydroxylation is 1. The maximum Gasteiger partial charge on any atom is 0.256 e. The fraction of sp³-hybridized carbons (Fsp3) is 0.185. The number of aromatic nitrogens is 1. The third kappa shape index (κ3) is 4.41. The number of carbonyl (C=O) groups is 1. The average molecular weight is 479 g/mol. The van der Waals surface area contributed by atoms with Crippen LogP contribution in [0.1, 0.15) is 36.7 Å². The van der Waals surface area contributed by atoms with E-state index in [1.54, 1.807) is 36.4 Å². The van der Waals surface area contributed by atoms with Crippen molar-refractivity contribution >= 4 is 45.8 Å². The highest BCUT2D eigenvalue weighted by Gasteiger charge is 2.21. The molecule has 0 spiro atoms. The minimum atomic E-state index is -0.304. The third-order valence-electron chi connectivity index (χ3n) is 5.76. The lowest BCUT2D eigenvalue weighted by Gasteiger charge is -2.20. The first-order chi connectivity index (χ1) is 15.6. The van der Waals surface area contributed by atoms with Gasteiger partial charge in [0, 0.05) is 18.0 Å². The molecule has 1 aromatic heterocycles. The molecular formula is C27H24Cl2N2O2. The van der Waals surface area contributed by atoms with Gasteiger partial charge in [0.2, 0.25) is 0 Å². The summed E-state index contributed by atoms with van der Waals surface area (Å²) in [5, 5.41) is 4.24. The Morgan fingerprint density at radius 2 is 1.58 bits per heavy atom. The third-order valence-corrected chi connectivity index (χ3v) is 6.50. The monoisotopic (exact) mass is 478 g/mol. The smallest absolute Gasteiger partial charge is 0.256 e. The van der Waals surface area contributed by atoms with E-state index < -0.39 is 0 Å². The quantitative estimate of drug-likeness (QED) is 0.342. The fourth-order valence-electron chi connectivity index (χ4n) is 3.86. The van der Waals surface area contributed by atoms with Gasteiger partial charge in [0.15, 0.2) is 5.43 Å². The minimum Gasteiger partial charge on any atom is -0.330 e. The highest BCUT2D eigenvalue weighted by Crippen LogP contribution is 2.33. The van der Waals surface area contributed by atoms with Crippen molar-refractivity contribution in [2.24, 2.45) is 7.05 Å². The number of amides is 1. The molecule has 4 rings (SSSR count). The number of hydrogen-bond acceptors (Lipinski definition) is 2. The van der Waals surface area contributed by atoms with E-state index in [4.69, 9.17) is 23.2 Å². The molecule has 0 aliphatic rings. The second kappa shape index (κ2) is 8.69. The molecule has 0 aliphatic carbocycles. The maximum atomic E-state index is 13.5. The first-order valence-electron chi connectivity index (χ1n) is 10.6. The van der Waals surface area contributed by atoms with E-state index in [0.717, 1.165) is 5.56 Å². The van der Waals surface area contributed by atoms with Crippen LogP contribution in [-0.4, -0.2) is 10.5 Å². The van der Waals surface area contributed by atoms with E-state index in [2.05, 4.69) is 26.1 Å². The zero-order valence-electron chi connectivity index (χ0n) is 18.9. The number of anilines is 1. The second-order valence-corrected chi connectivity index (χ2v) is 9.85. The first-order valence-corrected chi connectivity index (χ1v) is 11.3. The Hall–Kier alpha value is -3.08. The molecular weight excluding hydrogens is 455 g/mol. The predicted molar refractivity (Wildman–Crippen MR) is 138 cm³/mol. The van der Waals surface area contributed by atoms with E-state index in [9.17, 15) is 9.59 Å². The van der Waals surface area contributed by atoms with Crippen LogP contribution in [0.5, 0.6) is 0 Å². The number of benzene rings is 3. The van der Waals surface area contributed by atoms with Gasteiger partial charge >= 0.3 is 0 Å². The molecule has 0 saturated carbocycles. The molecule has 3 aromatic carbocycles. The van der Waals surface area contributed by atoms with Crippen LogP contribution in [0.2, 0.25) is 10.0 Å². The number of hydrogen-bond donors (Lipinski definition) is 1. The van der Waals surface area contributed by atoms with E-state index in [1.165, 1.54) is 0 Å². The summed E-state index contributed by atoms with van der Waals surface area (Å²) >= 11 is 12.3. The van der Waals surface area contributed by atoms with E-state index in [1.807, 2.05) is 41.9 Å². The number of nitrogens with one attached hydrogen (secondary N) is 1. The second-order valence-electron chi connectivity index (χ2n) is 9.04. The van der Waals surface area contributed by atoms with Crippen molar-refractivity contribution < 1.29 is 4.79 Å². The maximum absolute atomic E-state index is 13.5. The standard InChI is InChI=1S/C27H24Cl2N2O2/c1-27(2,3)18-12-9-16(10-13-18)26(33)30-25-23(17-11-14-20(28)21(29)15-17)24(32)19-7-5-6-8-22(19)31(25)4/h5-15H,1-4H3,(H,30,33). The molecule has 1 N–H and O–H groups in total. The topological polar surface area (TPSA) is 51.1 Å². The number of fused-ring (bicyclic) bond motifs is 1. The normalized spacial score (nSPS) is 11.6. The van der Waals surface area contributed by atoms with Crippen LogP contribution in [0.15, 0.2) is 71.5 Å². The Kier molecular flexibility index (Phi) is 6.08. The number of para-hydroxylation sites is 1. The molecule has 168 valence electrons. The van der Waals surface area contributed by atoms with Crippen LogP contribution in [-0.2, 0) is 12.5 Å².